The maximum atomic E-state index is 13.3. The quantitative estimate of drug-likeness (QED) is 0.858. The lowest BCUT2D eigenvalue weighted by Crippen LogP contribution is -2.49. The van der Waals surface area contributed by atoms with Crippen molar-refractivity contribution in [2.75, 3.05) is 6.61 Å². The molecule has 2 aliphatic heterocycles. The van der Waals surface area contributed by atoms with Gasteiger partial charge in [-0.25, -0.2) is 4.39 Å². The van der Waals surface area contributed by atoms with E-state index in [-0.39, 0.29) is 17.5 Å². The summed E-state index contributed by atoms with van der Waals surface area (Å²) in [5, 5.41) is 10.3. The van der Waals surface area contributed by atoms with Gasteiger partial charge in [-0.15, -0.1) is 0 Å². The van der Waals surface area contributed by atoms with Gasteiger partial charge < -0.3 is 14.6 Å². The molecule has 0 aromatic heterocycles. The summed E-state index contributed by atoms with van der Waals surface area (Å²) in [5.74, 6) is 0.687. The third-order valence-corrected chi connectivity index (χ3v) is 4.43. The molecule has 3 rings (SSSR count). The molecule has 1 fully saturated rings. The molecule has 1 spiro atoms. The second-order valence-electron chi connectivity index (χ2n) is 6.29. The van der Waals surface area contributed by atoms with E-state index in [1.807, 2.05) is 0 Å². The number of benzene rings is 1. The van der Waals surface area contributed by atoms with Crippen LogP contribution in [0.15, 0.2) is 18.2 Å². The molecule has 1 aromatic carbocycles. The van der Waals surface area contributed by atoms with Crippen LogP contribution in [-0.4, -0.2) is 23.4 Å². The molecule has 1 aromatic rings. The second-order valence-corrected chi connectivity index (χ2v) is 6.29. The van der Waals surface area contributed by atoms with Crippen LogP contribution in [0, 0.1) is 11.7 Å². The molecule has 3 nitrogen and oxygen atoms in total. The average Bonchev–Trinajstić information content (AvgIpc) is 2.40. The largest absolute Gasteiger partial charge is 0.487 e. The van der Waals surface area contributed by atoms with Gasteiger partial charge in [-0.3, -0.25) is 0 Å². The molecule has 0 aliphatic carbocycles. The second kappa shape index (κ2) is 5.01. The number of fused-ring (bicyclic) bond motifs is 1. The van der Waals surface area contributed by atoms with E-state index in [9.17, 15) is 9.50 Å². The molecule has 0 saturated carbocycles. The number of hydrogen-bond acceptors (Lipinski definition) is 3. The van der Waals surface area contributed by atoms with Crippen molar-refractivity contribution in [3.05, 3.63) is 29.6 Å². The zero-order valence-corrected chi connectivity index (χ0v) is 11.9. The van der Waals surface area contributed by atoms with Crippen molar-refractivity contribution in [2.45, 2.75) is 50.9 Å². The minimum atomic E-state index is -0.666. The molecule has 3 atom stereocenters. The zero-order chi connectivity index (χ0) is 14.3. The number of ether oxygens (including phenoxy) is 2. The lowest BCUT2D eigenvalue weighted by Gasteiger charge is -2.46. The van der Waals surface area contributed by atoms with Crippen molar-refractivity contribution < 1.29 is 19.0 Å². The minimum absolute atomic E-state index is 0.151. The lowest BCUT2D eigenvalue weighted by molar-refractivity contribution is -0.127. The highest BCUT2D eigenvalue weighted by atomic mass is 19.1. The van der Waals surface area contributed by atoms with Gasteiger partial charge in [-0.2, -0.15) is 0 Å². The van der Waals surface area contributed by atoms with Crippen molar-refractivity contribution in [3.8, 4) is 5.75 Å². The fraction of sp³-hybridized carbons (Fsp3) is 0.625. The first-order valence-electron chi connectivity index (χ1n) is 7.27. The molecule has 0 radical (unpaired) electrons. The highest BCUT2D eigenvalue weighted by Gasteiger charge is 2.45. The number of hydrogen-bond donors (Lipinski definition) is 1. The van der Waals surface area contributed by atoms with Crippen LogP contribution < -0.4 is 4.74 Å². The van der Waals surface area contributed by atoms with E-state index in [1.54, 1.807) is 6.07 Å². The van der Waals surface area contributed by atoms with Crippen LogP contribution in [0.2, 0.25) is 0 Å². The van der Waals surface area contributed by atoms with Crippen LogP contribution in [0.5, 0.6) is 5.75 Å². The third-order valence-electron chi connectivity index (χ3n) is 4.43. The van der Waals surface area contributed by atoms with Gasteiger partial charge in [0, 0.05) is 24.8 Å². The van der Waals surface area contributed by atoms with Gasteiger partial charge in [-0.05, 0) is 24.1 Å². The van der Waals surface area contributed by atoms with Gasteiger partial charge in [0.05, 0.1) is 18.8 Å². The Morgan fingerprint density at radius 2 is 2.15 bits per heavy atom. The standard InChI is InChI=1S/C16H21FO3/c1-10(2)15-9-16(5-6-19-15)8-13(18)12-7-11(17)3-4-14(12)20-16/h3-4,7,10,13,15,18H,5-6,8-9H2,1-2H3/t13-,15?,16?/m1/s1. The van der Waals surface area contributed by atoms with Crippen LogP contribution in [0.4, 0.5) is 4.39 Å². The number of aliphatic hydroxyl groups is 1. The summed E-state index contributed by atoms with van der Waals surface area (Å²) in [7, 11) is 0. The van der Waals surface area contributed by atoms with Crippen LogP contribution >= 0.6 is 0 Å². The first kappa shape index (κ1) is 13.8. The van der Waals surface area contributed by atoms with E-state index >= 15 is 0 Å². The van der Waals surface area contributed by atoms with Crippen LogP contribution in [0.1, 0.15) is 44.8 Å². The maximum absolute atomic E-state index is 13.3. The van der Waals surface area contributed by atoms with Crippen molar-refractivity contribution in [2.24, 2.45) is 5.92 Å². The smallest absolute Gasteiger partial charge is 0.126 e. The Morgan fingerprint density at radius 3 is 2.90 bits per heavy atom. The van der Waals surface area contributed by atoms with Crippen LogP contribution in [-0.2, 0) is 4.74 Å². The highest BCUT2D eigenvalue weighted by Crippen LogP contribution is 2.45. The Balaban J connectivity index is 1.88. The summed E-state index contributed by atoms with van der Waals surface area (Å²) in [6.45, 7) is 4.91. The van der Waals surface area contributed by atoms with E-state index in [1.165, 1.54) is 12.1 Å². The van der Waals surface area contributed by atoms with E-state index in [2.05, 4.69) is 13.8 Å². The van der Waals surface area contributed by atoms with E-state index in [0.717, 1.165) is 12.8 Å². The first-order valence-corrected chi connectivity index (χ1v) is 7.27. The predicted octanol–water partition coefficient (Wildman–Crippen LogP) is 3.22. The highest BCUT2D eigenvalue weighted by molar-refractivity contribution is 5.38. The Hall–Kier alpha value is -1.13. The maximum Gasteiger partial charge on any atom is 0.126 e. The molecule has 2 unspecified atom stereocenters. The van der Waals surface area contributed by atoms with Gasteiger partial charge in [-0.1, -0.05) is 13.8 Å². The predicted molar refractivity (Wildman–Crippen MR) is 73.1 cm³/mol. The monoisotopic (exact) mass is 280 g/mol. The molecule has 20 heavy (non-hydrogen) atoms. The molecule has 2 aliphatic rings. The minimum Gasteiger partial charge on any atom is -0.487 e. The number of rotatable bonds is 1. The van der Waals surface area contributed by atoms with E-state index in [0.29, 0.717) is 30.3 Å². The van der Waals surface area contributed by atoms with E-state index < -0.39 is 6.10 Å². The number of halogens is 1. The zero-order valence-electron chi connectivity index (χ0n) is 11.9. The summed E-state index contributed by atoms with van der Waals surface area (Å²) in [4.78, 5) is 0. The molecule has 110 valence electrons. The van der Waals surface area contributed by atoms with Crippen LogP contribution in [0.3, 0.4) is 0 Å². The van der Waals surface area contributed by atoms with Gasteiger partial charge in [0.25, 0.3) is 0 Å². The number of aliphatic hydroxyl groups excluding tert-OH is 1. The Morgan fingerprint density at radius 1 is 1.35 bits per heavy atom. The summed E-state index contributed by atoms with van der Waals surface area (Å²) in [6.07, 6.45) is 1.54. The first-order chi connectivity index (χ1) is 9.49. The van der Waals surface area contributed by atoms with Gasteiger partial charge >= 0.3 is 0 Å². The summed E-state index contributed by atoms with van der Waals surface area (Å²) < 4.78 is 25.2. The molecular formula is C16H21FO3. The van der Waals surface area contributed by atoms with Gasteiger partial charge in [0.2, 0.25) is 0 Å². The molecule has 1 N–H and O–H groups in total. The van der Waals surface area contributed by atoms with Crippen molar-refractivity contribution in [3.63, 3.8) is 0 Å². The van der Waals surface area contributed by atoms with Gasteiger partial charge in [0.1, 0.15) is 17.2 Å². The fourth-order valence-corrected chi connectivity index (χ4v) is 3.24. The van der Waals surface area contributed by atoms with Crippen molar-refractivity contribution in [1.29, 1.82) is 0 Å². The Kier molecular flexibility index (Phi) is 3.46. The Bertz CT molecular complexity index is 502. The molecule has 1 saturated heterocycles. The molecule has 4 heteroatoms. The summed E-state index contributed by atoms with van der Waals surface area (Å²) in [6, 6.07) is 4.37. The molecule has 0 amide bonds. The summed E-state index contributed by atoms with van der Waals surface area (Å²) in [5.41, 5.74) is 0.181. The Labute approximate surface area is 118 Å². The van der Waals surface area contributed by atoms with Crippen molar-refractivity contribution >= 4 is 0 Å². The van der Waals surface area contributed by atoms with Crippen molar-refractivity contribution in [1.82, 2.24) is 0 Å². The van der Waals surface area contributed by atoms with Crippen LogP contribution in [0.25, 0.3) is 0 Å². The van der Waals surface area contributed by atoms with Gasteiger partial charge in [0.15, 0.2) is 0 Å². The molecular weight excluding hydrogens is 259 g/mol. The SMILES string of the molecule is CC(C)C1CC2(CCO1)C[C@@H](O)c1cc(F)ccc1O2. The van der Waals surface area contributed by atoms with E-state index in [4.69, 9.17) is 9.47 Å². The lowest BCUT2D eigenvalue weighted by atomic mass is 9.79. The fourth-order valence-electron chi connectivity index (χ4n) is 3.24. The average molecular weight is 280 g/mol. The topological polar surface area (TPSA) is 38.7 Å². The normalized spacial score (nSPS) is 33.0. The third kappa shape index (κ3) is 2.42. The molecule has 2 heterocycles. The molecule has 0 bridgehead atoms. The summed E-state index contributed by atoms with van der Waals surface area (Å²) >= 11 is 0.